The number of halogens is 2. The van der Waals surface area contributed by atoms with Gasteiger partial charge >= 0.3 is 0 Å². The summed E-state index contributed by atoms with van der Waals surface area (Å²) in [5.41, 5.74) is 1.72. The van der Waals surface area contributed by atoms with Gasteiger partial charge in [-0.25, -0.2) is 0 Å². The van der Waals surface area contributed by atoms with Gasteiger partial charge in [0.1, 0.15) is 5.78 Å². The van der Waals surface area contributed by atoms with Crippen molar-refractivity contribution in [3.63, 3.8) is 0 Å². The average Bonchev–Trinajstić information content (AvgIpc) is 2.32. The molecule has 0 saturated heterocycles. The third-order valence-electron chi connectivity index (χ3n) is 2.53. The van der Waals surface area contributed by atoms with E-state index in [0.29, 0.717) is 22.9 Å². The minimum absolute atomic E-state index is 0.102. The maximum absolute atomic E-state index is 11.9. The van der Waals surface area contributed by atoms with Gasteiger partial charge in [0.2, 0.25) is 0 Å². The number of nitrogens with zero attached hydrogens (tertiary/aromatic N) is 1. The summed E-state index contributed by atoms with van der Waals surface area (Å²) in [7, 11) is 0. The molecule has 0 aliphatic rings. The molecular formula is C14H11Cl2NO. The number of Topliss-reactive ketones (excluding diaryl/α,β-unsaturated/α-hetero) is 1. The molecule has 1 aromatic heterocycles. The van der Waals surface area contributed by atoms with Crippen LogP contribution in [0.15, 0.2) is 42.7 Å². The SMILES string of the molecule is O=C(Cc1cccc(Cl)c1)Cc1ccncc1Cl. The molecule has 2 nitrogen and oxygen atoms in total. The van der Waals surface area contributed by atoms with Gasteiger partial charge in [0, 0.05) is 30.3 Å². The van der Waals surface area contributed by atoms with Crippen LogP contribution < -0.4 is 0 Å². The molecule has 0 atom stereocenters. The molecule has 0 unspecified atom stereocenters. The number of hydrogen-bond acceptors (Lipinski definition) is 2. The minimum Gasteiger partial charge on any atom is -0.299 e. The van der Waals surface area contributed by atoms with Crippen LogP contribution >= 0.6 is 23.2 Å². The summed E-state index contributed by atoms with van der Waals surface area (Å²) in [4.78, 5) is 15.8. The monoisotopic (exact) mass is 279 g/mol. The third-order valence-corrected chi connectivity index (χ3v) is 3.11. The number of ketones is 1. The Labute approximate surface area is 116 Å². The molecule has 0 aliphatic heterocycles. The van der Waals surface area contributed by atoms with Gasteiger partial charge in [-0.2, -0.15) is 0 Å². The Morgan fingerprint density at radius 2 is 2.00 bits per heavy atom. The van der Waals surface area contributed by atoms with Crippen molar-refractivity contribution in [2.75, 3.05) is 0 Å². The molecule has 2 aromatic rings. The Bertz CT molecular complexity index is 569. The number of aromatic nitrogens is 1. The minimum atomic E-state index is 0.102. The summed E-state index contributed by atoms with van der Waals surface area (Å²) in [5, 5.41) is 1.17. The molecular weight excluding hydrogens is 269 g/mol. The van der Waals surface area contributed by atoms with Gasteiger partial charge in [-0.05, 0) is 29.3 Å². The molecule has 4 heteroatoms. The fraction of sp³-hybridized carbons (Fsp3) is 0.143. The van der Waals surface area contributed by atoms with Crippen LogP contribution in [-0.4, -0.2) is 10.8 Å². The van der Waals surface area contributed by atoms with Crippen LogP contribution in [0.2, 0.25) is 10.0 Å². The van der Waals surface area contributed by atoms with Crippen molar-refractivity contribution in [3.05, 3.63) is 63.9 Å². The summed E-state index contributed by atoms with van der Waals surface area (Å²) >= 11 is 11.8. The standard InChI is InChI=1S/C14H11Cl2NO/c15-12-3-1-2-10(6-12)7-13(18)8-11-4-5-17-9-14(11)16/h1-6,9H,7-8H2. The van der Waals surface area contributed by atoms with E-state index in [2.05, 4.69) is 4.98 Å². The van der Waals surface area contributed by atoms with E-state index in [1.54, 1.807) is 30.6 Å². The van der Waals surface area contributed by atoms with Gasteiger partial charge in [-0.15, -0.1) is 0 Å². The van der Waals surface area contributed by atoms with Gasteiger partial charge in [0.15, 0.2) is 0 Å². The van der Waals surface area contributed by atoms with Gasteiger partial charge in [-0.3, -0.25) is 9.78 Å². The number of benzene rings is 1. The van der Waals surface area contributed by atoms with E-state index in [9.17, 15) is 4.79 Å². The lowest BCUT2D eigenvalue weighted by molar-refractivity contribution is -0.117. The van der Waals surface area contributed by atoms with E-state index in [1.807, 2.05) is 12.1 Å². The first-order chi connectivity index (χ1) is 8.65. The maximum atomic E-state index is 11.9. The topological polar surface area (TPSA) is 30.0 Å². The average molecular weight is 280 g/mol. The summed E-state index contributed by atoms with van der Waals surface area (Å²) in [6.45, 7) is 0. The summed E-state index contributed by atoms with van der Waals surface area (Å²) < 4.78 is 0. The van der Waals surface area contributed by atoms with Gasteiger partial charge in [0.25, 0.3) is 0 Å². The second-order valence-electron chi connectivity index (χ2n) is 3.99. The van der Waals surface area contributed by atoms with Crippen molar-refractivity contribution in [3.8, 4) is 0 Å². The highest BCUT2D eigenvalue weighted by Gasteiger charge is 2.08. The van der Waals surface area contributed by atoms with E-state index in [1.165, 1.54) is 0 Å². The van der Waals surface area contributed by atoms with Crippen molar-refractivity contribution in [2.45, 2.75) is 12.8 Å². The first-order valence-corrected chi connectivity index (χ1v) is 6.25. The largest absolute Gasteiger partial charge is 0.299 e. The van der Waals surface area contributed by atoms with Crippen molar-refractivity contribution in [1.29, 1.82) is 0 Å². The molecule has 18 heavy (non-hydrogen) atoms. The highest BCUT2D eigenvalue weighted by molar-refractivity contribution is 6.31. The number of pyridine rings is 1. The lowest BCUT2D eigenvalue weighted by Gasteiger charge is -2.04. The lowest BCUT2D eigenvalue weighted by Crippen LogP contribution is -2.07. The molecule has 0 N–H and O–H groups in total. The zero-order valence-electron chi connectivity index (χ0n) is 9.57. The van der Waals surface area contributed by atoms with Crippen LogP contribution in [-0.2, 0) is 17.6 Å². The fourth-order valence-electron chi connectivity index (χ4n) is 1.70. The van der Waals surface area contributed by atoms with Crippen LogP contribution in [0.25, 0.3) is 0 Å². The zero-order chi connectivity index (χ0) is 13.0. The predicted molar refractivity (Wildman–Crippen MR) is 73.1 cm³/mol. The van der Waals surface area contributed by atoms with Crippen LogP contribution in [0.4, 0.5) is 0 Å². The van der Waals surface area contributed by atoms with Crippen molar-refractivity contribution in [2.24, 2.45) is 0 Å². The van der Waals surface area contributed by atoms with E-state index >= 15 is 0 Å². The first kappa shape index (κ1) is 13.1. The van der Waals surface area contributed by atoms with Crippen molar-refractivity contribution < 1.29 is 4.79 Å². The normalized spacial score (nSPS) is 10.3. The van der Waals surface area contributed by atoms with E-state index in [4.69, 9.17) is 23.2 Å². The number of hydrogen-bond donors (Lipinski definition) is 0. The summed E-state index contributed by atoms with van der Waals surface area (Å²) in [6, 6.07) is 9.07. The lowest BCUT2D eigenvalue weighted by atomic mass is 10.0. The molecule has 2 rings (SSSR count). The molecule has 0 saturated carbocycles. The van der Waals surface area contributed by atoms with Crippen molar-refractivity contribution >= 4 is 29.0 Å². The summed E-state index contributed by atoms with van der Waals surface area (Å²) in [6.07, 6.45) is 3.85. The smallest absolute Gasteiger partial charge is 0.141 e. The first-order valence-electron chi connectivity index (χ1n) is 5.49. The highest BCUT2D eigenvalue weighted by atomic mass is 35.5. The third kappa shape index (κ3) is 3.56. The fourth-order valence-corrected chi connectivity index (χ4v) is 2.10. The number of carbonyl (C=O) groups excluding carboxylic acids is 1. The van der Waals surface area contributed by atoms with Gasteiger partial charge in [-0.1, -0.05) is 35.3 Å². The molecule has 0 fully saturated rings. The Morgan fingerprint density at radius 1 is 1.17 bits per heavy atom. The molecule has 0 radical (unpaired) electrons. The number of rotatable bonds is 4. The van der Waals surface area contributed by atoms with Crippen LogP contribution in [0.5, 0.6) is 0 Å². The van der Waals surface area contributed by atoms with Crippen LogP contribution in [0.1, 0.15) is 11.1 Å². The van der Waals surface area contributed by atoms with Crippen molar-refractivity contribution in [1.82, 2.24) is 4.98 Å². The zero-order valence-corrected chi connectivity index (χ0v) is 11.1. The molecule has 92 valence electrons. The van der Waals surface area contributed by atoms with E-state index < -0.39 is 0 Å². The molecule has 1 heterocycles. The van der Waals surface area contributed by atoms with Gasteiger partial charge in [0.05, 0.1) is 5.02 Å². The molecule has 0 amide bonds. The summed E-state index contributed by atoms with van der Waals surface area (Å²) in [5.74, 6) is 0.102. The quantitative estimate of drug-likeness (QED) is 0.853. The number of carbonyl (C=O) groups is 1. The Morgan fingerprint density at radius 3 is 2.72 bits per heavy atom. The predicted octanol–water partition coefficient (Wildman–Crippen LogP) is 3.74. The second-order valence-corrected chi connectivity index (χ2v) is 4.83. The molecule has 0 bridgehead atoms. The Hall–Kier alpha value is -1.38. The molecule has 0 aliphatic carbocycles. The molecule has 1 aromatic carbocycles. The highest BCUT2D eigenvalue weighted by Crippen LogP contribution is 2.16. The van der Waals surface area contributed by atoms with E-state index in [-0.39, 0.29) is 5.78 Å². The van der Waals surface area contributed by atoms with Crippen LogP contribution in [0, 0.1) is 0 Å². The van der Waals surface area contributed by atoms with E-state index in [0.717, 1.165) is 11.1 Å². The maximum Gasteiger partial charge on any atom is 0.141 e. The van der Waals surface area contributed by atoms with Crippen LogP contribution in [0.3, 0.4) is 0 Å². The second kappa shape index (κ2) is 5.98. The Kier molecular flexibility index (Phi) is 4.34. The molecule has 0 spiro atoms. The van der Waals surface area contributed by atoms with Gasteiger partial charge < -0.3 is 0 Å². The Balaban J connectivity index is 2.03.